The second-order valence-corrected chi connectivity index (χ2v) is 9.68. The van der Waals surface area contributed by atoms with Crippen molar-refractivity contribution in [3.63, 3.8) is 0 Å². The van der Waals surface area contributed by atoms with Crippen LogP contribution in [-0.2, 0) is 24.1 Å². The lowest BCUT2D eigenvalue weighted by Gasteiger charge is -2.12. The summed E-state index contributed by atoms with van der Waals surface area (Å²) >= 11 is 3.47. The molecule has 29 heavy (non-hydrogen) atoms. The van der Waals surface area contributed by atoms with Gasteiger partial charge in [-0.15, -0.1) is 0 Å². The van der Waals surface area contributed by atoms with Gasteiger partial charge in [-0.1, -0.05) is 17.7 Å². The van der Waals surface area contributed by atoms with Crippen LogP contribution in [0.3, 0.4) is 0 Å². The molecule has 3 heterocycles. The van der Waals surface area contributed by atoms with Gasteiger partial charge in [0.15, 0.2) is 0 Å². The maximum atomic E-state index is 13.7. The number of fused-ring (bicyclic) bond motifs is 1. The molecule has 0 aliphatic rings. The topological polar surface area (TPSA) is 78.9 Å². The summed E-state index contributed by atoms with van der Waals surface area (Å²) in [5.74, 6) is 0. The normalized spacial score (nSPS) is 12.0. The molecule has 4 aromatic rings. The van der Waals surface area contributed by atoms with E-state index >= 15 is 0 Å². The molecule has 0 N–H and O–H groups in total. The van der Waals surface area contributed by atoms with Crippen LogP contribution in [0.2, 0.25) is 0 Å². The van der Waals surface area contributed by atoms with E-state index in [0.717, 1.165) is 15.2 Å². The van der Waals surface area contributed by atoms with Crippen LogP contribution < -0.4 is 5.56 Å². The minimum atomic E-state index is -4.04. The van der Waals surface area contributed by atoms with Crippen molar-refractivity contribution in [2.75, 3.05) is 0 Å². The molecule has 0 bridgehead atoms. The predicted molar refractivity (Wildman–Crippen MR) is 116 cm³/mol. The minimum absolute atomic E-state index is 0.0979. The zero-order valence-corrected chi connectivity index (χ0v) is 18.7. The van der Waals surface area contributed by atoms with Crippen molar-refractivity contribution in [2.24, 2.45) is 14.1 Å². The fourth-order valence-corrected chi connectivity index (χ4v) is 5.47. The highest BCUT2D eigenvalue weighted by molar-refractivity contribution is 9.10. The third-order valence-corrected chi connectivity index (χ3v) is 7.48. The molecule has 1 aromatic carbocycles. The Bertz CT molecular complexity index is 1430. The molecule has 0 aliphatic carbocycles. The second kappa shape index (κ2) is 6.70. The molecule has 0 aliphatic heterocycles. The van der Waals surface area contributed by atoms with E-state index in [1.807, 2.05) is 13.8 Å². The zero-order valence-electron chi connectivity index (χ0n) is 16.3. The quantitative estimate of drug-likeness (QED) is 0.455. The van der Waals surface area contributed by atoms with E-state index in [9.17, 15) is 13.2 Å². The summed E-state index contributed by atoms with van der Waals surface area (Å²) in [5, 5.41) is 4.78. The Morgan fingerprint density at radius 3 is 2.31 bits per heavy atom. The van der Waals surface area contributed by atoms with Crippen LogP contribution in [0.1, 0.15) is 11.3 Å². The number of rotatable bonds is 3. The molecule has 0 spiro atoms. The number of halogens is 1. The number of aromatic nitrogens is 4. The van der Waals surface area contributed by atoms with Gasteiger partial charge in [0.05, 0.1) is 16.8 Å². The van der Waals surface area contributed by atoms with E-state index in [2.05, 4.69) is 21.0 Å². The van der Waals surface area contributed by atoms with Crippen molar-refractivity contribution in [1.29, 1.82) is 0 Å². The van der Waals surface area contributed by atoms with Gasteiger partial charge < -0.3 is 4.57 Å². The van der Waals surface area contributed by atoms with Gasteiger partial charge in [0, 0.05) is 41.4 Å². The molecule has 0 saturated heterocycles. The molecule has 4 rings (SSSR count). The molecule has 150 valence electrons. The molecule has 3 aromatic heterocycles. The summed E-state index contributed by atoms with van der Waals surface area (Å²) in [6.07, 6.45) is 3.25. The third kappa shape index (κ3) is 2.96. The van der Waals surface area contributed by atoms with Crippen LogP contribution in [0.15, 0.2) is 56.9 Å². The van der Waals surface area contributed by atoms with E-state index < -0.39 is 15.6 Å². The van der Waals surface area contributed by atoms with Crippen molar-refractivity contribution in [2.45, 2.75) is 18.7 Å². The number of benzene rings is 1. The van der Waals surface area contributed by atoms with Crippen molar-refractivity contribution >= 4 is 36.9 Å². The Morgan fingerprint density at radius 2 is 1.72 bits per heavy atom. The van der Waals surface area contributed by atoms with Crippen LogP contribution in [0, 0.1) is 13.8 Å². The monoisotopic (exact) mass is 474 g/mol. The molecule has 7 nitrogen and oxygen atoms in total. The van der Waals surface area contributed by atoms with Crippen molar-refractivity contribution < 1.29 is 8.42 Å². The summed E-state index contributed by atoms with van der Waals surface area (Å²) < 4.78 is 32.2. The van der Waals surface area contributed by atoms with Crippen molar-refractivity contribution in [3.8, 4) is 11.3 Å². The maximum Gasteiger partial charge on any atom is 0.275 e. The second-order valence-electron chi connectivity index (χ2n) is 7.03. The number of hydrogen-bond donors (Lipinski definition) is 0. The molecular weight excluding hydrogens is 456 g/mol. The van der Waals surface area contributed by atoms with Gasteiger partial charge in [-0.2, -0.15) is 5.10 Å². The van der Waals surface area contributed by atoms with Gasteiger partial charge in [-0.05, 0) is 48.0 Å². The smallest absolute Gasteiger partial charge is 0.275 e. The summed E-state index contributed by atoms with van der Waals surface area (Å²) in [4.78, 5) is 13.1. The van der Waals surface area contributed by atoms with E-state index in [-0.39, 0.29) is 10.4 Å². The predicted octanol–water partition coefficient (Wildman–Crippen LogP) is 3.36. The highest BCUT2D eigenvalue weighted by Gasteiger charge is 2.28. The largest absolute Gasteiger partial charge is 0.316 e. The summed E-state index contributed by atoms with van der Waals surface area (Å²) in [5.41, 5.74) is 2.49. The zero-order chi connectivity index (χ0) is 21.1. The van der Waals surface area contributed by atoms with Crippen molar-refractivity contribution in [3.05, 3.63) is 68.8 Å². The fourth-order valence-electron chi connectivity index (χ4n) is 3.35. The molecular formula is C20H19BrN4O3S. The molecule has 0 unspecified atom stereocenters. The summed E-state index contributed by atoms with van der Waals surface area (Å²) in [6, 6.07) is 8.30. The Morgan fingerprint density at radius 1 is 1.07 bits per heavy atom. The number of pyridine rings is 1. The maximum absolute atomic E-state index is 13.7. The first-order chi connectivity index (χ1) is 13.6. The highest BCUT2D eigenvalue weighted by Crippen LogP contribution is 2.35. The molecule has 0 saturated carbocycles. The molecule has 0 radical (unpaired) electrons. The number of nitrogens with zero attached hydrogens (tertiary/aromatic N) is 4. The van der Waals surface area contributed by atoms with E-state index in [0.29, 0.717) is 21.1 Å². The average Bonchev–Trinajstić information content (AvgIpc) is 3.22. The fraction of sp³-hybridized carbons (Fsp3) is 0.200. The lowest BCUT2D eigenvalue weighted by Crippen LogP contribution is -2.23. The first-order valence-electron chi connectivity index (χ1n) is 8.84. The summed E-state index contributed by atoms with van der Waals surface area (Å²) in [6.45, 7) is 3.74. The SMILES string of the molecule is Cc1ccc(S(=O)(=O)n2c(-c3cnn(C)c3C)cc3c(Br)cn(C)c(=O)c32)cc1. The van der Waals surface area contributed by atoms with Gasteiger partial charge in [0.2, 0.25) is 0 Å². The van der Waals surface area contributed by atoms with E-state index in [1.54, 1.807) is 61.5 Å². The Hall–Kier alpha value is -2.65. The Kier molecular flexibility index (Phi) is 4.54. The lowest BCUT2D eigenvalue weighted by molar-refractivity contribution is 0.589. The van der Waals surface area contributed by atoms with E-state index in [1.165, 1.54) is 4.57 Å². The van der Waals surface area contributed by atoms with Crippen LogP contribution in [0.25, 0.3) is 22.2 Å². The molecule has 0 amide bonds. The average molecular weight is 475 g/mol. The van der Waals surface area contributed by atoms with Gasteiger partial charge in [0.1, 0.15) is 5.52 Å². The number of aryl methyl sites for hydroxylation is 3. The van der Waals surface area contributed by atoms with Gasteiger partial charge >= 0.3 is 0 Å². The first kappa shape index (κ1) is 19.7. The van der Waals surface area contributed by atoms with Crippen LogP contribution in [0.4, 0.5) is 0 Å². The first-order valence-corrected chi connectivity index (χ1v) is 11.1. The molecule has 9 heteroatoms. The molecule has 0 atom stereocenters. The lowest BCUT2D eigenvalue weighted by atomic mass is 10.2. The Balaban J connectivity index is 2.19. The minimum Gasteiger partial charge on any atom is -0.316 e. The van der Waals surface area contributed by atoms with Gasteiger partial charge in [0.25, 0.3) is 15.6 Å². The summed E-state index contributed by atoms with van der Waals surface area (Å²) in [7, 11) is -0.654. The number of hydrogen-bond acceptors (Lipinski definition) is 4. The van der Waals surface area contributed by atoms with Crippen LogP contribution in [-0.4, -0.2) is 26.7 Å². The molecule has 0 fully saturated rings. The van der Waals surface area contributed by atoms with Crippen LogP contribution in [0.5, 0.6) is 0 Å². The Labute approximate surface area is 176 Å². The third-order valence-electron chi connectivity index (χ3n) is 5.12. The van der Waals surface area contributed by atoms with E-state index in [4.69, 9.17) is 0 Å². The van der Waals surface area contributed by atoms with Crippen LogP contribution >= 0.6 is 15.9 Å². The highest BCUT2D eigenvalue weighted by atomic mass is 79.9. The van der Waals surface area contributed by atoms with Crippen molar-refractivity contribution in [1.82, 2.24) is 18.3 Å². The van der Waals surface area contributed by atoms with Gasteiger partial charge in [-0.25, -0.2) is 12.4 Å². The van der Waals surface area contributed by atoms with Gasteiger partial charge in [-0.3, -0.25) is 9.48 Å². The standard InChI is InChI=1S/C20H19BrN4O3S/c1-12-5-7-14(8-6-12)29(27,28)25-18(16-10-22-24(4)13(16)2)9-15-17(21)11-23(3)20(26)19(15)25/h5-11H,1-4H3.